The van der Waals surface area contributed by atoms with E-state index in [1.54, 1.807) is 0 Å². The van der Waals surface area contributed by atoms with Crippen LogP contribution in [0.5, 0.6) is 6.01 Å². The summed E-state index contributed by atoms with van der Waals surface area (Å²) < 4.78 is 81.6. The van der Waals surface area contributed by atoms with E-state index in [4.69, 9.17) is 22.1 Å². The maximum absolute atomic E-state index is 16.6. The quantitative estimate of drug-likeness (QED) is 0.117. The number of aliphatic hydroxyl groups is 1. The fourth-order valence-electron chi connectivity index (χ4n) is 7.04. The average molecular weight is 753 g/mol. The van der Waals surface area contributed by atoms with Gasteiger partial charge in [0, 0.05) is 0 Å². The molecule has 4 N–H and O–H groups in total. The van der Waals surface area contributed by atoms with E-state index in [-0.39, 0.29) is 50.0 Å². The van der Waals surface area contributed by atoms with Crippen LogP contribution in [0.2, 0.25) is 5.02 Å². The molecule has 238 valence electrons. The maximum atomic E-state index is 16.6. The number of ether oxygens (including phenoxy) is 1. The fraction of sp³-hybridized carbons (Fsp3) is 0.536. The van der Waals surface area contributed by atoms with Gasteiger partial charge in [-0.3, -0.25) is 0 Å². The summed E-state index contributed by atoms with van der Waals surface area (Å²) in [5.74, 6) is -1.03. The molecule has 3 aromatic rings. The molecule has 0 aliphatic carbocycles. The van der Waals surface area contributed by atoms with Crippen LogP contribution in [0.3, 0.4) is 0 Å². The third-order valence-electron chi connectivity index (χ3n) is 8.92. The molecule has 44 heavy (non-hydrogen) atoms. The zero-order valence-corrected chi connectivity index (χ0v) is 26.3. The van der Waals surface area contributed by atoms with Crippen molar-refractivity contribution in [2.24, 2.45) is 0 Å². The molecule has 5 atom stereocenters. The van der Waals surface area contributed by atoms with Crippen LogP contribution < -0.4 is 40.4 Å². The number of aliphatic hydroxyl groups excluding tert-OH is 1. The number of hydrogen-bond donors (Lipinski definition) is 3. The average Bonchev–Trinajstić information content (AvgIpc) is 3.54. The molecule has 9 nitrogen and oxygen atoms in total. The summed E-state index contributed by atoms with van der Waals surface area (Å²) in [5, 5.41) is 13.8. The van der Waals surface area contributed by atoms with Gasteiger partial charge >= 0.3 is 266 Å². The second kappa shape index (κ2) is 10.9. The Morgan fingerprint density at radius 3 is 2.80 bits per heavy atom. The number of anilines is 2. The van der Waals surface area contributed by atoms with Crippen molar-refractivity contribution in [2.75, 3.05) is 35.1 Å². The molecule has 6 heterocycles. The third-order valence-corrected chi connectivity index (χ3v) is 12.5. The summed E-state index contributed by atoms with van der Waals surface area (Å²) in [4.78, 5) is 15.0. The van der Waals surface area contributed by atoms with Gasteiger partial charge in [-0.05, 0) is 0 Å². The predicted octanol–water partition coefficient (Wildman–Crippen LogP) is 1.22. The van der Waals surface area contributed by atoms with E-state index in [0.29, 0.717) is 31.7 Å². The number of nitrogen functional groups attached to an aromatic ring is 1. The number of nitrogens with zero attached hydrogens (tertiary/aromatic N) is 5. The summed E-state index contributed by atoms with van der Waals surface area (Å²) >= 11 is 5.66. The Hall–Kier alpha value is -2.34. The first-order chi connectivity index (χ1) is 20.8. The van der Waals surface area contributed by atoms with Crippen LogP contribution in [0.1, 0.15) is 36.8 Å². The zero-order chi connectivity index (χ0) is 31.1. The Morgan fingerprint density at radius 1 is 1.25 bits per heavy atom. The molecule has 0 saturated carbocycles. The van der Waals surface area contributed by atoms with Gasteiger partial charge in [-0.25, -0.2) is 0 Å². The Morgan fingerprint density at radius 2 is 2.05 bits per heavy atom. The summed E-state index contributed by atoms with van der Waals surface area (Å²) in [6.45, 7) is 2.83. The monoisotopic (exact) mass is 752 g/mol. The standard InChI is InChI=1S/C28H29ClF5IN7O2/c1-12-5-18(36)38-23(20(12)28(32,33)34)19-16(29)7-15-22(21(19)31)39-26(44-11-27-3-2-4-41(27)9-13(30)8-27)40-25(15)42-10-14-6-17(43)24(35-42)37-14/h5,7,13-14,17,24,37,43H,2-4,6,8-11H2,1H3,(H2,36,38)/q-1/t13-,14?,17?,24?,27+/m1/s1. The van der Waals surface area contributed by atoms with Gasteiger partial charge in [0.2, 0.25) is 0 Å². The molecule has 0 amide bonds. The molecule has 4 aliphatic heterocycles. The van der Waals surface area contributed by atoms with Gasteiger partial charge in [-0.2, -0.15) is 0 Å². The second-order valence-corrected chi connectivity index (χ2v) is 15.4. The van der Waals surface area contributed by atoms with Crippen LogP contribution in [0, 0.1) is 12.7 Å². The van der Waals surface area contributed by atoms with Crippen molar-refractivity contribution >= 4 is 34.1 Å². The number of benzene rings is 1. The van der Waals surface area contributed by atoms with E-state index in [1.165, 1.54) is 13.0 Å². The van der Waals surface area contributed by atoms with Crippen molar-refractivity contribution < 1.29 is 53.3 Å². The molecule has 4 fully saturated rings. The van der Waals surface area contributed by atoms with Crippen molar-refractivity contribution in [2.45, 2.75) is 66.7 Å². The van der Waals surface area contributed by atoms with Crippen LogP contribution in [0.15, 0.2) is 12.1 Å². The van der Waals surface area contributed by atoms with Crippen molar-refractivity contribution in [1.29, 1.82) is 0 Å². The van der Waals surface area contributed by atoms with Crippen molar-refractivity contribution in [1.82, 2.24) is 25.2 Å². The van der Waals surface area contributed by atoms with Gasteiger partial charge in [0.25, 0.3) is 0 Å². The molecule has 3 unspecified atom stereocenters. The third kappa shape index (κ3) is 5.11. The van der Waals surface area contributed by atoms with Gasteiger partial charge in [0.05, 0.1) is 0 Å². The molecule has 2 bridgehead atoms. The Kier molecular flexibility index (Phi) is 7.50. The zero-order valence-electron chi connectivity index (χ0n) is 23.4. The number of aryl methyl sites for hydroxylation is 1. The molecular formula is C28H29ClF5IN7O2-. The van der Waals surface area contributed by atoms with Crippen molar-refractivity contribution in [3.05, 3.63) is 34.1 Å². The number of aromatic nitrogens is 3. The fourth-order valence-corrected chi connectivity index (χ4v) is 10.7. The van der Waals surface area contributed by atoms with E-state index in [2.05, 4.69) is 25.2 Å². The van der Waals surface area contributed by atoms with E-state index in [0.717, 1.165) is 25.5 Å². The molecule has 2 aromatic heterocycles. The summed E-state index contributed by atoms with van der Waals surface area (Å²) in [6.07, 6.45) is -3.92. The Balaban J connectivity index is 1.38. The molecule has 7 rings (SSSR count). The normalized spacial score (nSPS) is 28.9. The minimum atomic E-state index is -4.87. The first-order valence-corrected chi connectivity index (χ1v) is 16.8. The summed E-state index contributed by atoms with van der Waals surface area (Å²) in [5.41, 5.74) is 2.29. The SMILES string of the molecule is Cc1cc(N)nc(-c2c(Cl)cc3c(N4CC5CC(O)C(N5)[I-]4)nc(OC[C@@]45CCCN4C[C@H](F)C5)nc3c2F)c1C(F)(F)F. The topological polar surface area (TPSA) is 113 Å². The van der Waals surface area contributed by atoms with Gasteiger partial charge in [0.1, 0.15) is 0 Å². The van der Waals surface area contributed by atoms with Crippen molar-refractivity contribution in [3.8, 4) is 17.3 Å². The van der Waals surface area contributed by atoms with E-state index >= 15 is 4.39 Å². The molecule has 1 aromatic carbocycles. The number of alkyl halides is 5. The Bertz CT molecular complexity index is 1650. The van der Waals surface area contributed by atoms with Crippen LogP contribution >= 0.6 is 11.6 Å². The number of pyridine rings is 1. The molecule has 16 heteroatoms. The van der Waals surface area contributed by atoms with Gasteiger partial charge in [-0.1, -0.05) is 0 Å². The van der Waals surface area contributed by atoms with Crippen LogP contribution in [0.25, 0.3) is 22.2 Å². The molecular weight excluding hydrogens is 724 g/mol. The first-order valence-electron chi connectivity index (χ1n) is 14.2. The molecule has 4 saturated heterocycles. The van der Waals surface area contributed by atoms with E-state index in [1.807, 2.05) is 3.11 Å². The van der Waals surface area contributed by atoms with Crippen molar-refractivity contribution in [3.63, 3.8) is 0 Å². The predicted molar refractivity (Wildman–Crippen MR) is 149 cm³/mol. The molecule has 4 aliphatic rings. The number of nitrogens with two attached hydrogens (primary N) is 1. The van der Waals surface area contributed by atoms with E-state index in [9.17, 15) is 22.7 Å². The number of rotatable bonds is 5. The Labute approximate surface area is 264 Å². The first kappa shape index (κ1) is 30.3. The summed E-state index contributed by atoms with van der Waals surface area (Å²) in [7, 11) is 0. The number of hydrogen-bond acceptors (Lipinski definition) is 9. The number of nitrogens with one attached hydrogen (secondary N) is 1. The number of fused-ring (bicyclic) bond motifs is 4. The molecule has 0 spiro atoms. The van der Waals surface area contributed by atoms with Crippen LogP contribution in [0.4, 0.5) is 33.6 Å². The summed E-state index contributed by atoms with van der Waals surface area (Å²) in [6, 6.07) is 2.21. The molecule has 0 radical (unpaired) electrons. The number of halogens is 7. The van der Waals surface area contributed by atoms with Gasteiger partial charge < -0.3 is 0 Å². The van der Waals surface area contributed by atoms with Crippen LogP contribution in [-0.4, -0.2) is 79.1 Å². The van der Waals surface area contributed by atoms with E-state index < -0.39 is 68.1 Å². The second-order valence-electron chi connectivity index (χ2n) is 11.9. The minimum absolute atomic E-state index is 0.0304. The van der Waals surface area contributed by atoms with Gasteiger partial charge in [0.15, 0.2) is 0 Å². The van der Waals surface area contributed by atoms with Crippen LogP contribution in [-0.2, 0) is 6.18 Å². The van der Waals surface area contributed by atoms with Gasteiger partial charge in [-0.15, -0.1) is 0 Å².